The van der Waals surface area contributed by atoms with E-state index in [9.17, 15) is 4.79 Å². The molecule has 4 nitrogen and oxygen atoms in total. The first-order valence-corrected chi connectivity index (χ1v) is 5.87. The van der Waals surface area contributed by atoms with E-state index >= 15 is 0 Å². The van der Waals surface area contributed by atoms with Gasteiger partial charge in [-0.3, -0.25) is 4.79 Å². The van der Waals surface area contributed by atoms with Crippen LogP contribution in [-0.2, 0) is 4.79 Å². The summed E-state index contributed by atoms with van der Waals surface area (Å²) in [5.41, 5.74) is 5.24. The molecule has 0 aliphatic carbocycles. The molecule has 0 saturated carbocycles. The minimum absolute atomic E-state index is 0. The lowest BCUT2D eigenvalue weighted by molar-refractivity contribution is -0.120. The van der Waals surface area contributed by atoms with E-state index in [2.05, 4.69) is 21.2 Å². The third kappa shape index (κ3) is 7.20. The van der Waals surface area contributed by atoms with Crippen molar-refractivity contribution in [2.75, 3.05) is 19.7 Å². The SMILES string of the molecule is Cl.NCCC(=O)NCCOc1cccc(Br)c1. The summed E-state index contributed by atoms with van der Waals surface area (Å²) in [7, 11) is 0. The van der Waals surface area contributed by atoms with Crippen molar-refractivity contribution in [2.45, 2.75) is 6.42 Å². The van der Waals surface area contributed by atoms with E-state index in [1.165, 1.54) is 0 Å². The summed E-state index contributed by atoms with van der Waals surface area (Å²) in [6.07, 6.45) is 0.358. The highest BCUT2D eigenvalue weighted by Crippen LogP contribution is 2.17. The van der Waals surface area contributed by atoms with E-state index in [1.54, 1.807) is 0 Å². The minimum Gasteiger partial charge on any atom is -0.492 e. The Kier molecular flexibility index (Phi) is 8.85. The lowest BCUT2D eigenvalue weighted by Crippen LogP contribution is -2.29. The molecule has 0 aromatic heterocycles. The molecule has 96 valence electrons. The van der Waals surface area contributed by atoms with Crippen molar-refractivity contribution in [1.82, 2.24) is 5.32 Å². The topological polar surface area (TPSA) is 64.4 Å². The molecular weight excluding hydrogens is 307 g/mol. The summed E-state index contributed by atoms with van der Waals surface area (Å²) in [4.78, 5) is 11.1. The Labute approximate surface area is 115 Å². The zero-order valence-electron chi connectivity index (χ0n) is 9.32. The molecule has 1 amide bonds. The molecule has 1 aromatic rings. The number of carbonyl (C=O) groups excluding carboxylic acids is 1. The van der Waals surface area contributed by atoms with E-state index in [1.807, 2.05) is 24.3 Å². The first kappa shape index (κ1) is 16.2. The Balaban J connectivity index is 0.00000256. The molecule has 1 rings (SSSR count). The van der Waals surface area contributed by atoms with Crippen molar-refractivity contribution in [3.05, 3.63) is 28.7 Å². The maximum atomic E-state index is 11.1. The van der Waals surface area contributed by atoms with Crippen molar-refractivity contribution in [2.24, 2.45) is 5.73 Å². The zero-order valence-corrected chi connectivity index (χ0v) is 11.7. The standard InChI is InChI=1S/C11H15BrN2O2.ClH/c12-9-2-1-3-10(8-9)16-7-6-14-11(15)4-5-13;/h1-3,8H,4-7,13H2,(H,14,15);1H. The highest BCUT2D eigenvalue weighted by atomic mass is 79.9. The smallest absolute Gasteiger partial charge is 0.221 e. The summed E-state index contributed by atoms with van der Waals surface area (Å²) in [6.45, 7) is 1.32. The summed E-state index contributed by atoms with van der Waals surface area (Å²) >= 11 is 3.35. The number of amides is 1. The van der Waals surface area contributed by atoms with Gasteiger partial charge in [0.1, 0.15) is 12.4 Å². The fraction of sp³-hybridized carbons (Fsp3) is 0.364. The number of rotatable bonds is 6. The molecular formula is C11H16BrClN2O2. The molecule has 0 spiro atoms. The number of ether oxygens (including phenoxy) is 1. The Bertz CT molecular complexity index is 350. The monoisotopic (exact) mass is 322 g/mol. The number of carbonyl (C=O) groups is 1. The van der Waals surface area contributed by atoms with Gasteiger partial charge in [-0.2, -0.15) is 0 Å². The molecule has 17 heavy (non-hydrogen) atoms. The molecule has 0 atom stereocenters. The number of halogens is 2. The van der Waals surface area contributed by atoms with Crippen LogP contribution in [0.5, 0.6) is 5.75 Å². The normalized spacial score (nSPS) is 9.29. The predicted octanol–water partition coefficient (Wildman–Crippen LogP) is 1.71. The van der Waals surface area contributed by atoms with E-state index in [0.717, 1.165) is 10.2 Å². The van der Waals surface area contributed by atoms with Crippen LogP contribution in [0.25, 0.3) is 0 Å². The van der Waals surface area contributed by atoms with Gasteiger partial charge in [0.05, 0.1) is 6.54 Å². The molecule has 0 bridgehead atoms. The van der Waals surface area contributed by atoms with E-state index in [-0.39, 0.29) is 18.3 Å². The van der Waals surface area contributed by atoms with Gasteiger partial charge < -0.3 is 15.8 Å². The van der Waals surface area contributed by atoms with Gasteiger partial charge in [-0.25, -0.2) is 0 Å². The average Bonchev–Trinajstić information content (AvgIpc) is 2.25. The van der Waals surface area contributed by atoms with Gasteiger partial charge in [0.25, 0.3) is 0 Å². The maximum Gasteiger partial charge on any atom is 0.221 e. The second-order valence-corrected chi connectivity index (χ2v) is 4.11. The average molecular weight is 324 g/mol. The summed E-state index contributed by atoms with van der Waals surface area (Å²) in [6, 6.07) is 7.57. The van der Waals surface area contributed by atoms with Crippen molar-refractivity contribution in [1.29, 1.82) is 0 Å². The van der Waals surface area contributed by atoms with Gasteiger partial charge in [-0.05, 0) is 18.2 Å². The maximum absolute atomic E-state index is 11.1. The van der Waals surface area contributed by atoms with Crippen LogP contribution in [0.3, 0.4) is 0 Å². The van der Waals surface area contributed by atoms with E-state index < -0.39 is 0 Å². The van der Waals surface area contributed by atoms with Gasteiger partial charge in [0.15, 0.2) is 0 Å². The molecule has 6 heteroatoms. The molecule has 0 radical (unpaired) electrons. The largest absolute Gasteiger partial charge is 0.492 e. The van der Waals surface area contributed by atoms with Gasteiger partial charge >= 0.3 is 0 Å². The minimum atomic E-state index is -0.0413. The zero-order chi connectivity index (χ0) is 11.8. The number of benzene rings is 1. The molecule has 0 saturated heterocycles. The lowest BCUT2D eigenvalue weighted by atomic mass is 10.3. The third-order valence-corrected chi connectivity index (χ3v) is 2.35. The Hall–Kier alpha value is -0.780. The first-order valence-electron chi connectivity index (χ1n) is 5.07. The van der Waals surface area contributed by atoms with Gasteiger partial charge in [-0.15, -0.1) is 12.4 Å². The van der Waals surface area contributed by atoms with Crippen LogP contribution >= 0.6 is 28.3 Å². The first-order chi connectivity index (χ1) is 7.72. The molecule has 0 heterocycles. The quantitative estimate of drug-likeness (QED) is 0.783. The van der Waals surface area contributed by atoms with Crippen LogP contribution in [0.4, 0.5) is 0 Å². The van der Waals surface area contributed by atoms with Crippen LogP contribution in [0, 0.1) is 0 Å². The Morgan fingerprint density at radius 1 is 1.47 bits per heavy atom. The molecule has 3 N–H and O–H groups in total. The molecule has 0 aliphatic heterocycles. The lowest BCUT2D eigenvalue weighted by Gasteiger charge is -2.07. The summed E-state index contributed by atoms with van der Waals surface area (Å²) in [5.74, 6) is 0.739. The van der Waals surface area contributed by atoms with Gasteiger partial charge in [0, 0.05) is 17.4 Å². The van der Waals surface area contributed by atoms with Crippen LogP contribution in [0.1, 0.15) is 6.42 Å². The number of hydrogen-bond donors (Lipinski definition) is 2. The third-order valence-electron chi connectivity index (χ3n) is 1.86. The molecule has 0 unspecified atom stereocenters. The van der Waals surface area contributed by atoms with Crippen LogP contribution in [-0.4, -0.2) is 25.6 Å². The Morgan fingerprint density at radius 3 is 2.88 bits per heavy atom. The highest BCUT2D eigenvalue weighted by molar-refractivity contribution is 9.10. The van der Waals surface area contributed by atoms with E-state index in [0.29, 0.717) is 26.1 Å². The molecule has 0 fully saturated rings. The number of nitrogens with two attached hydrogens (primary N) is 1. The second kappa shape index (κ2) is 9.27. The molecule has 0 aliphatic rings. The van der Waals surface area contributed by atoms with Crippen LogP contribution < -0.4 is 15.8 Å². The number of nitrogens with one attached hydrogen (secondary N) is 1. The Morgan fingerprint density at radius 2 is 2.24 bits per heavy atom. The second-order valence-electron chi connectivity index (χ2n) is 3.19. The van der Waals surface area contributed by atoms with Crippen molar-refractivity contribution in [3.8, 4) is 5.75 Å². The van der Waals surface area contributed by atoms with Crippen LogP contribution in [0.2, 0.25) is 0 Å². The highest BCUT2D eigenvalue weighted by Gasteiger charge is 1.98. The van der Waals surface area contributed by atoms with Crippen LogP contribution in [0.15, 0.2) is 28.7 Å². The number of hydrogen-bond acceptors (Lipinski definition) is 3. The van der Waals surface area contributed by atoms with Gasteiger partial charge in [-0.1, -0.05) is 22.0 Å². The predicted molar refractivity (Wildman–Crippen MR) is 73.6 cm³/mol. The van der Waals surface area contributed by atoms with Crippen molar-refractivity contribution < 1.29 is 9.53 Å². The van der Waals surface area contributed by atoms with Gasteiger partial charge in [0.2, 0.25) is 5.91 Å². The van der Waals surface area contributed by atoms with E-state index in [4.69, 9.17) is 10.5 Å². The fourth-order valence-corrected chi connectivity index (χ4v) is 1.51. The summed E-state index contributed by atoms with van der Waals surface area (Å²) < 4.78 is 6.41. The molecule has 1 aromatic carbocycles. The van der Waals surface area contributed by atoms with Crippen molar-refractivity contribution in [3.63, 3.8) is 0 Å². The fourth-order valence-electron chi connectivity index (χ4n) is 1.14. The summed E-state index contributed by atoms with van der Waals surface area (Å²) in [5, 5.41) is 2.71. The van der Waals surface area contributed by atoms with Crippen molar-refractivity contribution >= 4 is 34.2 Å².